The summed E-state index contributed by atoms with van der Waals surface area (Å²) in [5.41, 5.74) is 0.283. The number of nitrogens with zero attached hydrogens (tertiary/aromatic N) is 4. The minimum atomic E-state index is -0.212. The summed E-state index contributed by atoms with van der Waals surface area (Å²) in [6.45, 7) is 5.49. The molecule has 0 aromatic carbocycles. The minimum Gasteiger partial charge on any atom is -0.353 e. The second kappa shape index (κ2) is 5.65. The first-order valence-corrected chi connectivity index (χ1v) is 6.38. The third kappa shape index (κ3) is 2.99. The van der Waals surface area contributed by atoms with Gasteiger partial charge in [0.15, 0.2) is 5.69 Å². The Kier molecular flexibility index (Phi) is 3.95. The van der Waals surface area contributed by atoms with E-state index in [9.17, 15) is 4.79 Å². The van der Waals surface area contributed by atoms with Gasteiger partial charge in [0.05, 0.1) is 12.4 Å². The van der Waals surface area contributed by atoms with E-state index < -0.39 is 0 Å². The molecule has 100 valence electrons. The second-order valence-electron chi connectivity index (χ2n) is 5.00. The summed E-state index contributed by atoms with van der Waals surface area (Å²) in [5.74, 6) is 1.10. The number of nitriles is 1. The number of anilines is 1. The number of carbonyl (C=O) groups excluding carboxylic acids is 1. The summed E-state index contributed by atoms with van der Waals surface area (Å²) in [7, 11) is 0. The highest BCUT2D eigenvalue weighted by Crippen LogP contribution is 2.20. The van der Waals surface area contributed by atoms with E-state index >= 15 is 0 Å². The van der Waals surface area contributed by atoms with Gasteiger partial charge >= 0.3 is 0 Å². The predicted molar refractivity (Wildman–Crippen MR) is 70.3 cm³/mol. The van der Waals surface area contributed by atoms with Crippen molar-refractivity contribution in [3.05, 3.63) is 18.1 Å². The van der Waals surface area contributed by atoms with Crippen LogP contribution in [0.4, 0.5) is 5.82 Å². The van der Waals surface area contributed by atoms with E-state index in [0.717, 1.165) is 6.42 Å². The zero-order valence-corrected chi connectivity index (χ0v) is 11.1. The van der Waals surface area contributed by atoms with Crippen LogP contribution in [0, 0.1) is 17.2 Å². The van der Waals surface area contributed by atoms with Gasteiger partial charge < -0.3 is 10.2 Å². The molecule has 1 amide bonds. The van der Waals surface area contributed by atoms with Crippen molar-refractivity contribution < 1.29 is 4.79 Å². The molecule has 1 aromatic rings. The molecule has 6 heteroatoms. The van der Waals surface area contributed by atoms with E-state index in [0.29, 0.717) is 24.8 Å². The summed E-state index contributed by atoms with van der Waals surface area (Å²) in [5, 5.41) is 11.6. The van der Waals surface area contributed by atoms with Gasteiger partial charge in [-0.25, -0.2) is 9.97 Å². The van der Waals surface area contributed by atoms with E-state index in [-0.39, 0.29) is 17.6 Å². The molecule has 0 bridgehead atoms. The molecule has 0 aliphatic carbocycles. The SMILES string of the molecule is CC(C)CC1C(=O)NCCN1c1cnc(C#N)cn1. The molecule has 2 rings (SSSR count). The summed E-state index contributed by atoms with van der Waals surface area (Å²) in [6.07, 6.45) is 3.77. The Morgan fingerprint density at radius 3 is 2.89 bits per heavy atom. The zero-order valence-electron chi connectivity index (χ0n) is 11.1. The molecule has 6 nitrogen and oxygen atoms in total. The van der Waals surface area contributed by atoms with Crippen LogP contribution in [0.25, 0.3) is 0 Å². The van der Waals surface area contributed by atoms with Crippen LogP contribution in [0.2, 0.25) is 0 Å². The molecular weight excluding hydrogens is 242 g/mol. The van der Waals surface area contributed by atoms with Crippen molar-refractivity contribution >= 4 is 11.7 Å². The number of carbonyl (C=O) groups is 1. The third-order valence-corrected chi connectivity index (χ3v) is 3.07. The molecular formula is C13H17N5O. The van der Waals surface area contributed by atoms with Crippen LogP contribution in [-0.2, 0) is 4.79 Å². The summed E-state index contributed by atoms with van der Waals surface area (Å²) >= 11 is 0. The lowest BCUT2D eigenvalue weighted by molar-refractivity contribution is -0.123. The molecule has 1 saturated heterocycles. The number of aromatic nitrogens is 2. The van der Waals surface area contributed by atoms with Crippen LogP contribution < -0.4 is 10.2 Å². The van der Waals surface area contributed by atoms with Crippen LogP contribution in [0.5, 0.6) is 0 Å². The van der Waals surface area contributed by atoms with Crippen molar-refractivity contribution in [2.24, 2.45) is 5.92 Å². The lowest BCUT2D eigenvalue weighted by atomic mass is 10.00. The Hall–Kier alpha value is -2.16. The highest BCUT2D eigenvalue weighted by atomic mass is 16.2. The largest absolute Gasteiger partial charge is 0.353 e. The average molecular weight is 259 g/mol. The molecule has 1 unspecified atom stereocenters. The van der Waals surface area contributed by atoms with Crippen LogP contribution >= 0.6 is 0 Å². The summed E-state index contributed by atoms with van der Waals surface area (Å²) in [4.78, 5) is 22.2. The molecule has 19 heavy (non-hydrogen) atoms. The molecule has 0 saturated carbocycles. The van der Waals surface area contributed by atoms with Gasteiger partial charge in [0.25, 0.3) is 0 Å². The van der Waals surface area contributed by atoms with Gasteiger partial charge in [-0.15, -0.1) is 0 Å². The van der Waals surface area contributed by atoms with E-state index in [1.54, 1.807) is 6.20 Å². The van der Waals surface area contributed by atoms with E-state index in [1.807, 2.05) is 11.0 Å². The Labute approximate surface area is 112 Å². The first-order valence-electron chi connectivity index (χ1n) is 6.38. The number of amides is 1. The summed E-state index contributed by atoms with van der Waals surface area (Å²) in [6, 6.07) is 1.73. The van der Waals surface area contributed by atoms with Crippen molar-refractivity contribution in [3.63, 3.8) is 0 Å². The number of hydrogen-bond acceptors (Lipinski definition) is 5. The maximum absolute atomic E-state index is 12.0. The van der Waals surface area contributed by atoms with Crippen molar-refractivity contribution in [1.29, 1.82) is 5.26 Å². The molecule has 2 heterocycles. The van der Waals surface area contributed by atoms with E-state index in [1.165, 1.54) is 6.20 Å². The number of rotatable bonds is 3. The van der Waals surface area contributed by atoms with Gasteiger partial charge in [-0.1, -0.05) is 13.8 Å². The van der Waals surface area contributed by atoms with Crippen LogP contribution in [0.15, 0.2) is 12.4 Å². The van der Waals surface area contributed by atoms with Gasteiger partial charge in [0, 0.05) is 13.1 Å². The normalized spacial score (nSPS) is 19.2. The highest BCUT2D eigenvalue weighted by molar-refractivity contribution is 5.86. The van der Waals surface area contributed by atoms with Crippen molar-refractivity contribution in [2.75, 3.05) is 18.0 Å². The first-order chi connectivity index (χ1) is 9.11. The van der Waals surface area contributed by atoms with Gasteiger partial charge in [0.1, 0.15) is 17.9 Å². The molecule has 0 radical (unpaired) electrons. The Morgan fingerprint density at radius 2 is 2.32 bits per heavy atom. The Balaban J connectivity index is 2.23. The average Bonchev–Trinajstić information content (AvgIpc) is 2.41. The molecule has 1 aromatic heterocycles. The van der Waals surface area contributed by atoms with Crippen LogP contribution in [-0.4, -0.2) is 35.0 Å². The van der Waals surface area contributed by atoms with E-state index in [4.69, 9.17) is 5.26 Å². The van der Waals surface area contributed by atoms with Gasteiger partial charge in [-0.2, -0.15) is 5.26 Å². The molecule has 1 atom stereocenters. The van der Waals surface area contributed by atoms with Crippen molar-refractivity contribution in [2.45, 2.75) is 26.3 Å². The smallest absolute Gasteiger partial charge is 0.242 e. The monoisotopic (exact) mass is 259 g/mol. The van der Waals surface area contributed by atoms with Crippen molar-refractivity contribution in [1.82, 2.24) is 15.3 Å². The molecule has 1 fully saturated rings. The Bertz CT molecular complexity index is 491. The fourth-order valence-corrected chi connectivity index (χ4v) is 2.20. The maximum atomic E-state index is 12.0. The lowest BCUT2D eigenvalue weighted by Gasteiger charge is -2.36. The fraction of sp³-hybridized carbons (Fsp3) is 0.538. The standard InChI is InChI=1S/C13H17N5O/c1-9(2)5-11-13(19)15-3-4-18(11)12-8-16-10(6-14)7-17-12/h7-9,11H,3-5H2,1-2H3,(H,15,19). The summed E-state index contributed by atoms with van der Waals surface area (Å²) < 4.78 is 0. The third-order valence-electron chi connectivity index (χ3n) is 3.07. The second-order valence-corrected chi connectivity index (χ2v) is 5.00. The molecule has 1 N–H and O–H groups in total. The first kappa shape index (κ1) is 13.3. The molecule has 0 spiro atoms. The highest BCUT2D eigenvalue weighted by Gasteiger charge is 2.31. The molecule has 1 aliphatic rings. The zero-order chi connectivity index (χ0) is 13.8. The van der Waals surface area contributed by atoms with Gasteiger partial charge in [0.2, 0.25) is 5.91 Å². The van der Waals surface area contributed by atoms with Crippen LogP contribution in [0.3, 0.4) is 0 Å². The number of piperazine rings is 1. The number of hydrogen-bond donors (Lipinski definition) is 1. The lowest BCUT2D eigenvalue weighted by Crippen LogP contribution is -2.56. The Morgan fingerprint density at radius 1 is 1.53 bits per heavy atom. The number of nitrogens with one attached hydrogen (secondary N) is 1. The van der Waals surface area contributed by atoms with Gasteiger partial charge in [-0.3, -0.25) is 4.79 Å². The minimum absolute atomic E-state index is 0.0334. The van der Waals surface area contributed by atoms with Gasteiger partial charge in [-0.05, 0) is 12.3 Å². The molecule has 1 aliphatic heterocycles. The van der Waals surface area contributed by atoms with E-state index in [2.05, 4.69) is 29.1 Å². The maximum Gasteiger partial charge on any atom is 0.242 e. The fourth-order valence-electron chi connectivity index (χ4n) is 2.20. The quantitative estimate of drug-likeness (QED) is 0.864. The van der Waals surface area contributed by atoms with Crippen LogP contribution in [0.1, 0.15) is 26.0 Å². The van der Waals surface area contributed by atoms with Crippen molar-refractivity contribution in [3.8, 4) is 6.07 Å². The predicted octanol–water partition coefficient (Wildman–Crippen LogP) is 0.699. The topological polar surface area (TPSA) is 81.9 Å².